The number of nitrogens with one attached hydrogen (secondary N) is 1. The number of nitrogens with zero attached hydrogens (tertiary/aromatic N) is 1. The van der Waals surface area contributed by atoms with Gasteiger partial charge in [-0.15, -0.1) is 0 Å². The van der Waals surface area contributed by atoms with Crippen molar-refractivity contribution in [1.82, 2.24) is 9.79 Å². The Kier molecular flexibility index (Phi) is 6.97. The van der Waals surface area contributed by atoms with Crippen LogP contribution in [0.4, 0.5) is 0 Å². The van der Waals surface area contributed by atoms with Crippen LogP contribution in [0.3, 0.4) is 0 Å². The van der Waals surface area contributed by atoms with E-state index < -0.39 is 27.6 Å². The fourth-order valence-electron chi connectivity index (χ4n) is 3.52. The van der Waals surface area contributed by atoms with E-state index in [9.17, 15) is 18.3 Å². The number of benzene rings is 2. The number of sulfonamides is 1. The molecule has 0 aliphatic carbocycles. The summed E-state index contributed by atoms with van der Waals surface area (Å²) in [5.41, 5.74) is 0.710. The molecule has 1 aliphatic rings. The molecule has 0 radical (unpaired) electrons. The van der Waals surface area contributed by atoms with Crippen LogP contribution in [0.5, 0.6) is 5.75 Å². The number of carbonyl (C=O) groups excluding carboxylic acids is 1. The van der Waals surface area contributed by atoms with Crippen molar-refractivity contribution in [3.05, 3.63) is 60.2 Å². The van der Waals surface area contributed by atoms with Gasteiger partial charge in [0.05, 0.1) is 10.5 Å². The molecule has 1 saturated heterocycles. The van der Waals surface area contributed by atoms with Gasteiger partial charge in [0.2, 0.25) is 10.0 Å². The molecule has 2 unspecified atom stereocenters. The third-order valence-electron chi connectivity index (χ3n) is 5.04. The molecule has 31 heavy (non-hydrogen) atoms. The Labute approximate surface area is 181 Å². The van der Waals surface area contributed by atoms with Gasteiger partial charge >= 0.3 is 0 Å². The standard InChI is InChI=1S/C22H24N2O6S/c1-22(26)14-6-15-24(20(22)21(25)23-27)31(28,29)19-12-10-18(11-13-19)30-16-5-9-17-7-3-2-4-8-17/h2-4,7-8,10-13,20,26-27H,6,14-16H2,1H3,(H,23,25). The number of carbonyl (C=O) groups is 1. The quantitative estimate of drug-likeness (QED) is 0.366. The maximum absolute atomic E-state index is 13.1. The minimum Gasteiger partial charge on any atom is -0.481 e. The highest BCUT2D eigenvalue weighted by Gasteiger charge is 2.49. The SMILES string of the molecule is CC1(O)CCCN(S(=O)(=O)c2ccc(OCC#Cc3ccccc3)cc2)C1C(=O)NO. The van der Waals surface area contributed by atoms with Crippen LogP contribution >= 0.6 is 0 Å². The summed E-state index contributed by atoms with van der Waals surface area (Å²) in [7, 11) is -4.10. The van der Waals surface area contributed by atoms with Crippen molar-refractivity contribution < 1.29 is 28.3 Å². The summed E-state index contributed by atoms with van der Waals surface area (Å²) in [6, 6.07) is 13.7. The Morgan fingerprint density at radius 2 is 1.90 bits per heavy atom. The zero-order valence-corrected chi connectivity index (χ0v) is 17.8. The zero-order valence-electron chi connectivity index (χ0n) is 17.0. The summed E-state index contributed by atoms with van der Waals surface area (Å²) < 4.78 is 32.7. The van der Waals surface area contributed by atoms with Crippen LogP contribution in [-0.2, 0) is 14.8 Å². The molecule has 0 bridgehead atoms. The predicted octanol–water partition coefficient (Wildman–Crippen LogP) is 1.53. The molecule has 2 aromatic rings. The van der Waals surface area contributed by atoms with E-state index in [2.05, 4.69) is 11.8 Å². The molecule has 1 fully saturated rings. The van der Waals surface area contributed by atoms with E-state index in [1.165, 1.54) is 36.7 Å². The smallest absolute Gasteiger partial charge is 0.264 e. The number of piperidine rings is 1. The molecule has 1 amide bonds. The first kappa shape index (κ1) is 22.8. The Balaban J connectivity index is 1.73. The van der Waals surface area contributed by atoms with E-state index >= 15 is 0 Å². The van der Waals surface area contributed by atoms with E-state index in [1.54, 1.807) is 0 Å². The maximum atomic E-state index is 13.1. The fourth-order valence-corrected chi connectivity index (χ4v) is 5.25. The van der Waals surface area contributed by atoms with Crippen LogP contribution in [-0.4, -0.2) is 53.7 Å². The highest BCUT2D eigenvalue weighted by Crippen LogP contribution is 2.32. The van der Waals surface area contributed by atoms with Crippen LogP contribution in [0.15, 0.2) is 59.5 Å². The van der Waals surface area contributed by atoms with Gasteiger partial charge in [-0.05, 0) is 56.2 Å². The van der Waals surface area contributed by atoms with E-state index in [0.717, 1.165) is 9.87 Å². The summed E-state index contributed by atoms with van der Waals surface area (Å²) in [5.74, 6) is 5.31. The van der Waals surface area contributed by atoms with E-state index in [4.69, 9.17) is 9.94 Å². The van der Waals surface area contributed by atoms with Gasteiger partial charge in [0.15, 0.2) is 0 Å². The molecular weight excluding hydrogens is 420 g/mol. The lowest BCUT2D eigenvalue weighted by atomic mass is 9.87. The van der Waals surface area contributed by atoms with Crippen molar-refractivity contribution in [2.75, 3.05) is 13.2 Å². The molecule has 9 heteroatoms. The van der Waals surface area contributed by atoms with Gasteiger partial charge in [-0.2, -0.15) is 4.31 Å². The van der Waals surface area contributed by atoms with E-state index in [1.807, 2.05) is 30.3 Å². The van der Waals surface area contributed by atoms with Gasteiger partial charge < -0.3 is 9.84 Å². The number of hydrogen-bond acceptors (Lipinski definition) is 6. The normalized spacial score (nSPS) is 21.6. The number of ether oxygens (including phenoxy) is 1. The monoisotopic (exact) mass is 444 g/mol. The third-order valence-corrected chi connectivity index (χ3v) is 6.92. The van der Waals surface area contributed by atoms with Gasteiger partial charge in [-0.3, -0.25) is 10.0 Å². The Hall–Kier alpha value is -2.90. The summed E-state index contributed by atoms with van der Waals surface area (Å²) in [6.45, 7) is 1.56. The minimum absolute atomic E-state index is 0.0455. The van der Waals surface area contributed by atoms with Crippen LogP contribution in [0.25, 0.3) is 0 Å². The van der Waals surface area contributed by atoms with Crippen molar-refractivity contribution in [2.24, 2.45) is 0 Å². The number of amides is 1. The van der Waals surface area contributed by atoms with Crippen molar-refractivity contribution in [2.45, 2.75) is 36.3 Å². The summed E-state index contributed by atoms with van der Waals surface area (Å²) in [6.07, 6.45) is 0.608. The molecule has 3 N–H and O–H groups in total. The first-order chi connectivity index (χ1) is 14.8. The maximum Gasteiger partial charge on any atom is 0.264 e. The highest BCUT2D eigenvalue weighted by atomic mass is 32.2. The van der Waals surface area contributed by atoms with Crippen LogP contribution in [0, 0.1) is 11.8 Å². The van der Waals surface area contributed by atoms with Crippen molar-refractivity contribution >= 4 is 15.9 Å². The number of rotatable bonds is 5. The lowest BCUT2D eigenvalue weighted by Crippen LogP contribution is -2.62. The molecule has 164 valence electrons. The Morgan fingerprint density at radius 3 is 2.55 bits per heavy atom. The molecular formula is C22H24N2O6S. The van der Waals surface area contributed by atoms with E-state index in [-0.39, 0.29) is 24.5 Å². The predicted molar refractivity (Wildman–Crippen MR) is 113 cm³/mol. The molecule has 3 rings (SSSR count). The third kappa shape index (κ3) is 5.24. The number of aliphatic hydroxyl groups is 1. The largest absolute Gasteiger partial charge is 0.481 e. The first-order valence-electron chi connectivity index (χ1n) is 9.71. The van der Waals surface area contributed by atoms with Gasteiger partial charge in [0.25, 0.3) is 5.91 Å². The van der Waals surface area contributed by atoms with Gasteiger partial charge in [-0.1, -0.05) is 30.0 Å². The second-order valence-electron chi connectivity index (χ2n) is 7.38. The van der Waals surface area contributed by atoms with Crippen LogP contribution in [0.1, 0.15) is 25.3 Å². The fraction of sp³-hybridized carbons (Fsp3) is 0.318. The molecule has 8 nitrogen and oxygen atoms in total. The average Bonchev–Trinajstić information content (AvgIpc) is 2.76. The topological polar surface area (TPSA) is 116 Å². The van der Waals surface area contributed by atoms with Gasteiger partial charge in [0.1, 0.15) is 18.4 Å². The molecule has 2 atom stereocenters. The first-order valence-corrected chi connectivity index (χ1v) is 11.1. The number of hydroxylamine groups is 1. The second kappa shape index (κ2) is 9.49. The van der Waals surface area contributed by atoms with Gasteiger partial charge in [0, 0.05) is 12.1 Å². The molecule has 1 aliphatic heterocycles. The molecule has 1 heterocycles. The van der Waals surface area contributed by atoms with Gasteiger partial charge in [-0.25, -0.2) is 13.9 Å². The molecule has 0 spiro atoms. The lowest BCUT2D eigenvalue weighted by molar-refractivity contribution is -0.144. The van der Waals surface area contributed by atoms with E-state index in [0.29, 0.717) is 12.2 Å². The van der Waals surface area contributed by atoms with Crippen molar-refractivity contribution in [3.63, 3.8) is 0 Å². The zero-order chi connectivity index (χ0) is 22.5. The summed E-state index contributed by atoms with van der Waals surface area (Å²) in [4.78, 5) is 12.1. The van der Waals surface area contributed by atoms with Crippen LogP contribution < -0.4 is 10.2 Å². The van der Waals surface area contributed by atoms with Crippen molar-refractivity contribution in [3.8, 4) is 17.6 Å². The molecule has 2 aromatic carbocycles. The Morgan fingerprint density at radius 1 is 1.23 bits per heavy atom. The van der Waals surface area contributed by atoms with Crippen molar-refractivity contribution in [1.29, 1.82) is 0 Å². The minimum atomic E-state index is -4.10. The number of hydrogen-bond donors (Lipinski definition) is 3. The molecule has 0 aromatic heterocycles. The summed E-state index contributed by atoms with van der Waals surface area (Å²) >= 11 is 0. The second-order valence-corrected chi connectivity index (χ2v) is 9.27. The lowest BCUT2D eigenvalue weighted by Gasteiger charge is -2.42. The highest BCUT2D eigenvalue weighted by molar-refractivity contribution is 7.89. The van der Waals surface area contributed by atoms with Crippen LogP contribution in [0.2, 0.25) is 0 Å². The summed E-state index contributed by atoms with van der Waals surface area (Å²) in [5, 5.41) is 19.6. The molecule has 0 saturated carbocycles. The average molecular weight is 445 g/mol. The Bertz CT molecular complexity index is 1070.